The van der Waals surface area contributed by atoms with Gasteiger partial charge in [-0.05, 0) is 45.3 Å². The number of nitrogens with zero attached hydrogens (tertiary/aromatic N) is 1. The molecular formula is C12H24N2O2S. The lowest BCUT2D eigenvalue weighted by molar-refractivity contribution is 0.198. The minimum Gasteiger partial charge on any atom is -0.310 e. The van der Waals surface area contributed by atoms with Crippen molar-refractivity contribution in [1.29, 1.82) is 0 Å². The van der Waals surface area contributed by atoms with Gasteiger partial charge in [-0.2, -0.15) is 0 Å². The molecule has 0 aliphatic carbocycles. The second-order valence-electron chi connectivity index (χ2n) is 5.33. The number of sulfone groups is 1. The molecule has 0 spiro atoms. The van der Waals surface area contributed by atoms with Crippen molar-refractivity contribution in [2.75, 3.05) is 31.1 Å². The molecule has 1 unspecified atom stereocenters. The summed E-state index contributed by atoms with van der Waals surface area (Å²) in [5.41, 5.74) is 0. The Bertz CT molecular complexity index is 334. The van der Waals surface area contributed by atoms with E-state index < -0.39 is 9.84 Å². The fourth-order valence-corrected chi connectivity index (χ4v) is 4.55. The van der Waals surface area contributed by atoms with E-state index in [1.54, 1.807) is 0 Å². The molecule has 2 fully saturated rings. The van der Waals surface area contributed by atoms with Crippen LogP contribution in [0.3, 0.4) is 0 Å². The van der Waals surface area contributed by atoms with Crippen LogP contribution >= 0.6 is 0 Å². The molecule has 0 radical (unpaired) electrons. The van der Waals surface area contributed by atoms with E-state index in [0.29, 0.717) is 17.5 Å². The Labute approximate surface area is 105 Å². The quantitative estimate of drug-likeness (QED) is 0.809. The zero-order valence-corrected chi connectivity index (χ0v) is 11.5. The Morgan fingerprint density at radius 2 is 1.88 bits per heavy atom. The average molecular weight is 260 g/mol. The monoisotopic (exact) mass is 260 g/mol. The van der Waals surface area contributed by atoms with E-state index in [1.807, 2.05) is 0 Å². The third-order valence-electron chi connectivity index (χ3n) is 3.97. The number of piperidine rings is 1. The summed E-state index contributed by atoms with van der Waals surface area (Å²) >= 11 is 0. The van der Waals surface area contributed by atoms with Crippen molar-refractivity contribution in [2.24, 2.45) is 0 Å². The van der Waals surface area contributed by atoms with Gasteiger partial charge >= 0.3 is 0 Å². The maximum Gasteiger partial charge on any atom is 0.151 e. The molecule has 100 valence electrons. The van der Waals surface area contributed by atoms with Crippen molar-refractivity contribution in [2.45, 2.75) is 44.7 Å². The lowest BCUT2D eigenvalue weighted by Gasteiger charge is -2.35. The van der Waals surface area contributed by atoms with Crippen LogP contribution in [0.5, 0.6) is 0 Å². The highest BCUT2D eigenvalue weighted by Gasteiger charge is 2.27. The van der Waals surface area contributed by atoms with E-state index in [4.69, 9.17) is 0 Å². The topological polar surface area (TPSA) is 49.4 Å². The zero-order valence-electron chi connectivity index (χ0n) is 10.7. The third-order valence-corrected chi connectivity index (χ3v) is 5.79. The lowest BCUT2D eigenvalue weighted by Crippen LogP contribution is -2.49. The maximum absolute atomic E-state index is 11.6. The number of hydrogen-bond donors (Lipinski definition) is 1. The molecule has 2 heterocycles. The van der Waals surface area contributed by atoms with Crippen molar-refractivity contribution >= 4 is 9.84 Å². The first-order chi connectivity index (χ1) is 8.09. The molecule has 5 heteroatoms. The Morgan fingerprint density at radius 1 is 1.18 bits per heavy atom. The van der Waals surface area contributed by atoms with E-state index in [0.717, 1.165) is 45.3 Å². The Kier molecular flexibility index (Phi) is 4.44. The largest absolute Gasteiger partial charge is 0.310 e. The minimum absolute atomic E-state index is 0.201. The number of rotatable bonds is 3. The van der Waals surface area contributed by atoms with Crippen LogP contribution in [-0.4, -0.2) is 56.5 Å². The van der Waals surface area contributed by atoms with E-state index in [9.17, 15) is 8.42 Å². The van der Waals surface area contributed by atoms with Crippen molar-refractivity contribution in [3.63, 3.8) is 0 Å². The van der Waals surface area contributed by atoms with Gasteiger partial charge in [-0.15, -0.1) is 0 Å². The number of hydrogen-bond acceptors (Lipinski definition) is 4. The molecule has 0 saturated carbocycles. The zero-order chi connectivity index (χ0) is 12.3. The highest BCUT2D eigenvalue weighted by atomic mass is 32.2. The molecule has 1 atom stereocenters. The average Bonchev–Trinajstić information content (AvgIpc) is 2.29. The third kappa shape index (κ3) is 3.93. The van der Waals surface area contributed by atoms with E-state index >= 15 is 0 Å². The van der Waals surface area contributed by atoms with E-state index in [1.165, 1.54) is 0 Å². The Balaban J connectivity index is 1.78. The molecule has 2 aliphatic rings. The highest BCUT2D eigenvalue weighted by molar-refractivity contribution is 7.91. The van der Waals surface area contributed by atoms with Gasteiger partial charge in [-0.25, -0.2) is 8.42 Å². The minimum atomic E-state index is -2.77. The van der Waals surface area contributed by atoms with Crippen molar-refractivity contribution in [1.82, 2.24) is 10.2 Å². The predicted octanol–water partition coefficient (Wildman–Crippen LogP) is 0.638. The van der Waals surface area contributed by atoms with Crippen LogP contribution in [0.4, 0.5) is 0 Å². The molecule has 2 rings (SSSR count). The summed E-state index contributed by atoms with van der Waals surface area (Å²) in [6, 6.07) is 0.725. The smallest absolute Gasteiger partial charge is 0.151 e. The summed E-state index contributed by atoms with van der Waals surface area (Å²) in [7, 11) is -2.77. The van der Waals surface area contributed by atoms with Crippen LogP contribution in [0.1, 0.15) is 32.6 Å². The molecule has 17 heavy (non-hydrogen) atoms. The van der Waals surface area contributed by atoms with Gasteiger partial charge < -0.3 is 10.2 Å². The SMILES string of the molecule is CCN1CCC(NC2CCCS(=O)(=O)C2)CC1. The van der Waals surface area contributed by atoms with Crippen LogP contribution in [0.2, 0.25) is 0 Å². The van der Waals surface area contributed by atoms with Crippen LogP contribution in [0.15, 0.2) is 0 Å². The first-order valence-electron chi connectivity index (χ1n) is 6.78. The first-order valence-corrected chi connectivity index (χ1v) is 8.60. The summed E-state index contributed by atoms with van der Waals surface area (Å²) in [5.74, 6) is 0.737. The number of nitrogens with one attached hydrogen (secondary N) is 1. The molecule has 0 aromatic heterocycles. The fraction of sp³-hybridized carbons (Fsp3) is 1.00. The maximum atomic E-state index is 11.6. The van der Waals surface area contributed by atoms with Crippen molar-refractivity contribution in [3.05, 3.63) is 0 Å². The Morgan fingerprint density at radius 3 is 2.47 bits per heavy atom. The van der Waals surface area contributed by atoms with Crippen LogP contribution in [-0.2, 0) is 9.84 Å². The van der Waals surface area contributed by atoms with Crippen LogP contribution < -0.4 is 5.32 Å². The van der Waals surface area contributed by atoms with E-state index in [2.05, 4.69) is 17.1 Å². The lowest BCUT2D eigenvalue weighted by atomic mass is 10.0. The molecule has 4 nitrogen and oxygen atoms in total. The first kappa shape index (κ1) is 13.3. The highest BCUT2D eigenvalue weighted by Crippen LogP contribution is 2.16. The van der Waals surface area contributed by atoms with Gasteiger partial charge in [0.1, 0.15) is 0 Å². The molecule has 1 N–H and O–H groups in total. The molecule has 0 amide bonds. The summed E-state index contributed by atoms with van der Waals surface area (Å²) in [6.07, 6.45) is 4.16. The molecule has 0 bridgehead atoms. The summed E-state index contributed by atoms with van der Waals surface area (Å²) in [4.78, 5) is 2.45. The van der Waals surface area contributed by atoms with Gasteiger partial charge in [0.25, 0.3) is 0 Å². The molecule has 2 aliphatic heterocycles. The fourth-order valence-electron chi connectivity index (χ4n) is 2.90. The summed E-state index contributed by atoms with van der Waals surface area (Å²) in [5, 5.41) is 3.55. The second-order valence-corrected chi connectivity index (χ2v) is 7.56. The Hall–Kier alpha value is -0.130. The van der Waals surface area contributed by atoms with Crippen molar-refractivity contribution < 1.29 is 8.42 Å². The van der Waals surface area contributed by atoms with Gasteiger partial charge in [-0.1, -0.05) is 6.92 Å². The van der Waals surface area contributed by atoms with E-state index in [-0.39, 0.29) is 6.04 Å². The summed E-state index contributed by atoms with van der Waals surface area (Å²) < 4.78 is 23.1. The molecule has 2 saturated heterocycles. The van der Waals surface area contributed by atoms with Crippen LogP contribution in [0.25, 0.3) is 0 Å². The molecule has 0 aromatic carbocycles. The normalized spacial score (nSPS) is 31.5. The number of likely N-dealkylation sites (tertiary alicyclic amines) is 1. The standard InChI is InChI=1S/C12H24N2O2S/c1-2-14-7-5-11(6-8-14)13-12-4-3-9-17(15,16)10-12/h11-13H,2-10H2,1H3. The van der Waals surface area contributed by atoms with Gasteiger partial charge in [0.15, 0.2) is 9.84 Å². The van der Waals surface area contributed by atoms with Gasteiger partial charge in [0.05, 0.1) is 11.5 Å². The van der Waals surface area contributed by atoms with Crippen LogP contribution in [0, 0.1) is 0 Å². The van der Waals surface area contributed by atoms with Crippen molar-refractivity contribution in [3.8, 4) is 0 Å². The van der Waals surface area contributed by atoms with Gasteiger partial charge in [-0.3, -0.25) is 0 Å². The predicted molar refractivity (Wildman–Crippen MR) is 69.9 cm³/mol. The summed E-state index contributed by atoms with van der Waals surface area (Å²) in [6.45, 7) is 5.62. The second kappa shape index (κ2) is 5.67. The molecular weight excluding hydrogens is 236 g/mol. The molecule has 0 aromatic rings. The van der Waals surface area contributed by atoms with Gasteiger partial charge in [0.2, 0.25) is 0 Å². The van der Waals surface area contributed by atoms with Gasteiger partial charge in [0, 0.05) is 12.1 Å².